The van der Waals surface area contributed by atoms with E-state index < -0.39 is 24.0 Å². The molecule has 0 bridgehead atoms. The number of benzene rings is 1. The number of nitrogens with zero attached hydrogens (tertiary/aromatic N) is 3. The molecule has 224 valence electrons. The van der Waals surface area contributed by atoms with E-state index in [1.807, 2.05) is 12.3 Å². The minimum Gasteiger partial charge on any atom is -0.494 e. The van der Waals surface area contributed by atoms with Gasteiger partial charge in [-0.25, -0.2) is 9.78 Å². The van der Waals surface area contributed by atoms with Crippen LogP contribution in [0.4, 0.5) is 24.7 Å². The maximum Gasteiger partial charge on any atom is 0.490 e. The molecule has 0 spiro atoms. The molecule has 0 atom stereocenters. The van der Waals surface area contributed by atoms with Crippen LogP contribution in [0.1, 0.15) is 32.5 Å². The van der Waals surface area contributed by atoms with Crippen LogP contribution in [0.15, 0.2) is 40.8 Å². The molecule has 3 aromatic rings. The Morgan fingerprint density at radius 1 is 1.12 bits per heavy atom. The third kappa shape index (κ3) is 8.47. The van der Waals surface area contributed by atoms with Crippen LogP contribution in [-0.4, -0.2) is 65.0 Å². The van der Waals surface area contributed by atoms with Crippen LogP contribution in [-0.2, 0) is 11.3 Å². The zero-order valence-corrected chi connectivity index (χ0v) is 24.8. The summed E-state index contributed by atoms with van der Waals surface area (Å²) in [4.78, 5) is 46.0. The Hall–Kier alpha value is -3.59. The molecule has 0 saturated heterocycles. The summed E-state index contributed by atoms with van der Waals surface area (Å²) < 4.78 is 37.1. The van der Waals surface area contributed by atoms with Crippen molar-refractivity contribution in [3.8, 4) is 5.75 Å². The highest BCUT2D eigenvalue weighted by atomic mass is 35.5. The Morgan fingerprint density at radius 3 is 2.36 bits per heavy atom. The number of alkyl halides is 3. The molecular formula is C25H21Cl3F3N5O5S. The SMILES string of the molecule is COc1cc(Cl)cc(C(=O)Nc2ccc(Cl)cn2)c1NC(=O)c1scc(CN2CCN=C2C)c1Cl.O=C(O)C(F)(F)F. The molecule has 0 aliphatic carbocycles. The average Bonchev–Trinajstić information content (AvgIpc) is 3.50. The van der Waals surface area contributed by atoms with Gasteiger partial charge in [0.2, 0.25) is 0 Å². The van der Waals surface area contributed by atoms with Crippen LogP contribution in [0.3, 0.4) is 0 Å². The zero-order chi connectivity index (χ0) is 31.2. The summed E-state index contributed by atoms with van der Waals surface area (Å²) in [5.41, 5.74) is 1.08. The summed E-state index contributed by atoms with van der Waals surface area (Å²) in [5, 5.41) is 15.5. The van der Waals surface area contributed by atoms with Crippen molar-refractivity contribution in [3.63, 3.8) is 0 Å². The second kappa shape index (κ2) is 14.1. The zero-order valence-electron chi connectivity index (χ0n) is 21.7. The number of aliphatic imine (C=N–C) groups is 1. The van der Waals surface area contributed by atoms with Gasteiger partial charge < -0.3 is 25.4 Å². The summed E-state index contributed by atoms with van der Waals surface area (Å²) in [6.45, 7) is 4.06. The molecule has 4 rings (SSSR count). The van der Waals surface area contributed by atoms with Crippen LogP contribution in [0, 0.1) is 0 Å². The first kappa shape index (κ1) is 32.9. The fourth-order valence-electron chi connectivity index (χ4n) is 3.49. The van der Waals surface area contributed by atoms with E-state index in [1.54, 1.807) is 12.1 Å². The van der Waals surface area contributed by atoms with Gasteiger partial charge in [0.25, 0.3) is 11.8 Å². The van der Waals surface area contributed by atoms with Crippen LogP contribution in [0.2, 0.25) is 15.1 Å². The number of amides is 2. The van der Waals surface area contributed by atoms with E-state index in [9.17, 15) is 22.8 Å². The molecule has 0 fully saturated rings. The highest BCUT2D eigenvalue weighted by molar-refractivity contribution is 7.13. The van der Waals surface area contributed by atoms with E-state index in [0.717, 1.165) is 24.5 Å². The first-order valence-corrected chi connectivity index (χ1v) is 13.7. The molecule has 0 radical (unpaired) electrons. The van der Waals surface area contributed by atoms with Crippen LogP contribution < -0.4 is 15.4 Å². The number of aromatic nitrogens is 1. The summed E-state index contributed by atoms with van der Waals surface area (Å²) >= 11 is 19.9. The van der Waals surface area contributed by atoms with Crippen molar-refractivity contribution < 1.29 is 37.4 Å². The van der Waals surface area contributed by atoms with Gasteiger partial charge in [-0.2, -0.15) is 13.2 Å². The Balaban J connectivity index is 0.000000616. The number of anilines is 2. The number of ether oxygens (including phenoxy) is 1. The number of pyridine rings is 1. The third-order valence-electron chi connectivity index (χ3n) is 5.52. The lowest BCUT2D eigenvalue weighted by atomic mass is 10.1. The van der Waals surface area contributed by atoms with Crippen molar-refractivity contribution in [2.75, 3.05) is 30.8 Å². The highest BCUT2D eigenvalue weighted by Gasteiger charge is 2.38. The molecule has 3 N–H and O–H groups in total. The predicted octanol–water partition coefficient (Wildman–Crippen LogP) is 6.48. The first-order chi connectivity index (χ1) is 19.7. The molecule has 1 aliphatic heterocycles. The summed E-state index contributed by atoms with van der Waals surface area (Å²) in [7, 11) is 1.42. The predicted molar refractivity (Wildman–Crippen MR) is 155 cm³/mol. The van der Waals surface area contributed by atoms with Gasteiger partial charge in [0.05, 0.1) is 40.8 Å². The fourth-order valence-corrected chi connectivity index (χ4v) is 5.05. The number of methoxy groups -OCH3 is 1. The smallest absolute Gasteiger partial charge is 0.490 e. The summed E-state index contributed by atoms with van der Waals surface area (Å²) in [5.74, 6) is -2.34. The number of thiophene rings is 1. The molecule has 42 heavy (non-hydrogen) atoms. The number of amidine groups is 1. The first-order valence-electron chi connectivity index (χ1n) is 11.6. The van der Waals surface area contributed by atoms with Crippen molar-refractivity contribution in [3.05, 3.63) is 66.9 Å². The quantitative estimate of drug-likeness (QED) is 0.263. The topological polar surface area (TPSA) is 133 Å². The van der Waals surface area contributed by atoms with Crippen molar-refractivity contribution in [1.29, 1.82) is 0 Å². The Bertz CT molecular complexity index is 1520. The van der Waals surface area contributed by atoms with Crippen LogP contribution >= 0.6 is 46.1 Å². The molecule has 3 heterocycles. The van der Waals surface area contributed by atoms with E-state index in [0.29, 0.717) is 21.5 Å². The molecule has 17 heteroatoms. The Morgan fingerprint density at radius 2 is 1.81 bits per heavy atom. The monoisotopic (exact) mass is 665 g/mol. The van der Waals surface area contributed by atoms with Crippen molar-refractivity contribution in [2.45, 2.75) is 19.6 Å². The maximum atomic E-state index is 13.2. The minimum absolute atomic E-state index is 0.0938. The summed E-state index contributed by atoms with van der Waals surface area (Å²) in [6, 6.07) is 6.09. The molecule has 1 aromatic carbocycles. The molecule has 2 aromatic heterocycles. The van der Waals surface area contributed by atoms with Gasteiger partial charge in [-0.1, -0.05) is 34.8 Å². The van der Waals surface area contributed by atoms with Crippen molar-refractivity contribution in [2.24, 2.45) is 4.99 Å². The number of hydrogen-bond acceptors (Lipinski definition) is 8. The highest BCUT2D eigenvalue weighted by Crippen LogP contribution is 2.35. The number of rotatable bonds is 7. The van der Waals surface area contributed by atoms with Crippen molar-refractivity contribution >= 4 is 81.3 Å². The number of halogens is 6. The standard InChI is InChI=1S/C23H20Cl3N5O3S.C2HF3O2/c1-12-27-5-6-31(12)10-13-11-35-21(19(13)26)23(33)30-20-16(7-15(25)8-17(20)34-2)22(32)29-18-4-3-14(24)9-28-18;3-2(4,5)1(6)7/h3-4,7-9,11H,5-6,10H2,1-2H3,(H,30,33)(H,28,29,32);(H,6,7). The molecule has 1 aliphatic rings. The number of carbonyl (C=O) groups excluding carboxylic acids is 2. The van der Waals surface area contributed by atoms with E-state index in [2.05, 4.69) is 25.5 Å². The lowest BCUT2D eigenvalue weighted by Crippen LogP contribution is -2.24. The molecule has 0 saturated carbocycles. The van der Waals surface area contributed by atoms with Gasteiger partial charge in [0.15, 0.2) is 0 Å². The Labute approximate surface area is 256 Å². The van der Waals surface area contributed by atoms with Gasteiger partial charge in [-0.3, -0.25) is 14.6 Å². The number of nitrogens with one attached hydrogen (secondary N) is 2. The Kier molecular flexibility index (Phi) is 11.0. The minimum atomic E-state index is -5.08. The number of carbonyl (C=O) groups is 3. The molecule has 10 nitrogen and oxygen atoms in total. The second-order valence-corrected chi connectivity index (χ2v) is 10.5. The van der Waals surface area contributed by atoms with Gasteiger partial charge in [0, 0.05) is 35.9 Å². The van der Waals surface area contributed by atoms with E-state index in [4.69, 9.17) is 49.4 Å². The van der Waals surface area contributed by atoms with E-state index in [1.165, 1.54) is 36.8 Å². The fraction of sp³-hybridized carbons (Fsp3) is 0.240. The van der Waals surface area contributed by atoms with Gasteiger partial charge in [-0.15, -0.1) is 11.3 Å². The number of aliphatic carboxylic acids is 1. The van der Waals surface area contributed by atoms with Gasteiger partial charge in [-0.05, 0) is 30.5 Å². The third-order valence-corrected chi connectivity index (χ3v) is 7.53. The molecular weight excluding hydrogens is 646 g/mol. The lowest BCUT2D eigenvalue weighted by molar-refractivity contribution is -0.192. The molecule has 0 unspecified atom stereocenters. The lowest BCUT2D eigenvalue weighted by Gasteiger charge is -2.17. The van der Waals surface area contributed by atoms with Crippen LogP contribution in [0.5, 0.6) is 5.75 Å². The number of carboxylic acid groups (broad SMARTS) is 1. The largest absolute Gasteiger partial charge is 0.494 e. The van der Waals surface area contributed by atoms with Gasteiger partial charge in [0.1, 0.15) is 16.4 Å². The van der Waals surface area contributed by atoms with Gasteiger partial charge >= 0.3 is 12.1 Å². The number of carboxylic acids is 1. The van der Waals surface area contributed by atoms with E-state index >= 15 is 0 Å². The maximum absolute atomic E-state index is 13.2. The summed E-state index contributed by atoms with van der Waals surface area (Å²) in [6.07, 6.45) is -3.68. The number of hydrogen-bond donors (Lipinski definition) is 3. The van der Waals surface area contributed by atoms with Crippen LogP contribution in [0.25, 0.3) is 0 Å². The van der Waals surface area contributed by atoms with E-state index in [-0.39, 0.29) is 27.8 Å². The average molecular weight is 667 g/mol. The second-order valence-electron chi connectivity index (χ2n) is 8.36. The van der Waals surface area contributed by atoms with Crippen molar-refractivity contribution in [1.82, 2.24) is 9.88 Å². The molecule has 2 amide bonds. The normalized spacial score (nSPS) is 12.7.